The van der Waals surface area contributed by atoms with Crippen LogP contribution in [0.15, 0.2) is 59.6 Å². The molecular weight excluding hydrogens is 560 g/mol. The molecule has 198 valence electrons. The quantitative estimate of drug-likeness (QED) is 0.269. The maximum atomic E-state index is 13.5. The van der Waals surface area contributed by atoms with E-state index >= 15 is 0 Å². The molecule has 1 aromatic heterocycles. The topological polar surface area (TPSA) is 106 Å². The third-order valence-corrected chi connectivity index (χ3v) is 7.27. The molecule has 37 heavy (non-hydrogen) atoms. The molecule has 14 heteroatoms. The van der Waals surface area contributed by atoms with E-state index in [9.17, 15) is 26.4 Å². The third-order valence-electron chi connectivity index (χ3n) is 5.01. The van der Waals surface area contributed by atoms with Gasteiger partial charge in [-0.05, 0) is 29.8 Å². The van der Waals surface area contributed by atoms with Crippen LogP contribution in [0.2, 0.25) is 10.0 Å². The number of ether oxygens (including phenoxy) is 2. The van der Waals surface area contributed by atoms with Gasteiger partial charge in [0.05, 0.1) is 32.8 Å². The van der Waals surface area contributed by atoms with Crippen LogP contribution in [0.5, 0.6) is 0 Å². The Hall–Kier alpha value is -2.74. The summed E-state index contributed by atoms with van der Waals surface area (Å²) < 4.78 is 77.9. The highest BCUT2D eigenvalue weighted by Crippen LogP contribution is 2.37. The van der Waals surface area contributed by atoms with Crippen molar-refractivity contribution in [3.05, 3.63) is 87.2 Å². The number of ketones is 1. The molecule has 3 rings (SSSR count). The van der Waals surface area contributed by atoms with E-state index in [1.165, 1.54) is 6.07 Å². The largest absolute Gasteiger partial charge is 0.417 e. The van der Waals surface area contributed by atoms with Crippen molar-refractivity contribution in [2.75, 3.05) is 24.9 Å². The number of alkyl halides is 3. The number of sulfonamides is 1. The summed E-state index contributed by atoms with van der Waals surface area (Å²) >= 11 is 11.7. The molecule has 0 unspecified atom stereocenters. The van der Waals surface area contributed by atoms with Gasteiger partial charge in [0.25, 0.3) is 10.0 Å². The highest BCUT2D eigenvalue weighted by Gasteiger charge is 2.36. The van der Waals surface area contributed by atoms with Gasteiger partial charge >= 0.3 is 6.18 Å². The number of nitrogens with zero attached hydrogens (tertiary/aromatic N) is 2. The molecule has 0 aliphatic rings. The Morgan fingerprint density at radius 3 is 2.49 bits per heavy atom. The molecule has 2 aromatic carbocycles. The summed E-state index contributed by atoms with van der Waals surface area (Å²) in [6.45, 7) is -1.43. The minimum atomic E-state index is -4.92. The number of benzene rings is 2. The Morgan fingerprint density at radius 1 is 1.14 bits per heavy atom. The normalized spacial score (nSPS) is 12.0. The van der Waals surface area contributed by atoms with Gasteiger partial charge in [0.15, 0.2) is 0 Å². The number of hydrogen-bond acceptors (Lipinski definition) is 7. The Labute approximate surface area is 220 Å². The highest BCUT2D eigenvalue weighted by atomic mass is 35.5. The Balaban J connectivity index is 2.19. The second-order valence-electron chi connectivity index (χ2n) is 7.40. The molecule has 0 aliphatic heterocycles. The smallest absolute Gasteiger partial charge is 0.371 e. The molecular formula is C23H19Cl2F3N2O6S. The molecule has 0 spiro atoms. The van der Waals surface area contributed by atoms with E-state index in [1.54, 1.807) is 18.2 Å². The SMILES string of the molecule is COCN(c1cc(Cl)cnc1C(=O)c1ccccc1COCO)S(=O)(=O)c1ccc(Cl)c(C(F)(F)F)c1. The number of pyridine rings is 1. The van der Waals surface area contributed by atoms with Crippen molar-refractivity contribution in [2.45, 2.75) is 17.7 Å². The number of methoxy groups -OCH3 is 1. The van der Waals surface area contributed by atoms with Gasteiger partial charge in [-0.15, -0.1) is 0 Å². The van der Waals surface area contributed by atoms with Crippen molar-refractivity contribution in [3.63, 3.8) is 0 Å². The zero-order chi connectivity index (χ0) is 27.4. The van der Waals surface area contributed by atoms with E-state index in [2.05, 4.69) is 4.98 Å². The fraction of sp³-hybridized carbons (Fsp3) is 0.217. The predicted molar refractivity (Wildman–Crippen MR) is 129 cm³/mol. The minimum Gasteiger partial charge on any atom is -0.371 e. The molecule has 0 atom stereocenters. The lowest BCUT2D eigenvalue weighted by molar-refractivity contribution is -0.137. The average molecular weight is 579 g/mol. The zero-order valence-electron chi connectivity index (χ0n) is 19.0. The second-order valence-corrected chi connectivity index (χ2v) is 10.1. The number of aliphatic hydroxyl groups is 1. The van der Waals surface area contributed by atoms with E-state index in [0.717, 1.165) is 31.5 Å². The Kier molecular flexibility index (Phi) is 9.16. The van der Waals surface area contributed by atoms with Crippen molar-refractivity contribution < 1.29 is 41.0 Å². The highest BCUT2D eigenvalue weighted by molar-refractivity contribution is 7.92. The average Bonchev–Trinajstić information content (AvgIpc) is 2.85. The first-order chi connectivity index (χ1) is 17.4. The summed E-state index contributed by atoms with van der Waals surface area (Å²) in [5.74, 6) is -0.729. The van der Waals surface area contributed by atoms with Gasteiger partial charge in [-0.25, -0.2) is 17.7 Å². The van der Waals surface area contributed by atoms with Crippen molar-refractivity contribution in [2.24, 2.45) is 0 Å². The lowest BCUT2D eigenvalue weighted by Gasteiger charge is -2.26. The Bertz CT molecular complexity index is 1400. The maximum Gasteiger partial charge on any atom is 0.417 e. The summed E-state index contributed by atoms with van der Waals surface area (Å²) in [7, 11) is -3.59. The Morgan fingerprint density at radius 2 is 1.84 bits per heavy atom. The number of carbonyl (C=O) groups is 1. The van der Waals surface area contributed by atoms with Gasteiger partial charge in [-0.2, -0.15) is 13.2 Å². The summed E-state index contributed by atoms with van der Waals surface area (Å²) in [6, 6.07) is 9.42. The fourth-order valence-corrected chi connectivity index (χ4v) is 5.12. The van der Waals surface area contributed by atoms with Crippen molar-refractivity contribution in [1.29, 1.82) is 0 Å². The summed E-state index contributed by atoms with van der Waals surface area (Å²) in [5.41, 5.74) is -1.59. The number of carbonyl (C=O) groups excluding carboxylic acids is 1. The van der Waals surface area contributed by atoms with Gasteiger partial charge in [0, 0.05) is 18.9 Å². The van der Waals surface area contributed by atoms with Crippen LogP contribution in [0.1, 0.15) is 27.2 Å². The molecule has 8 nitrogen and oxygen atoms in total. The van der Waals surface area contributed by atoms with Gasteiger partial charge in [-0.1, -0.05) is 47.5 Å². The molecule has 0 saturated heterocycles. The molecule has 1 heterocycles. The maximum absolute atomic E-state index is 13.5. The number of anilines is 1. The van der Waals surface area contributed by atoms with Crippen LogP contribution in [-0.4, -0.2) is 44.9 Å². The van der Waals surface area contributed by atoms with E-state index in [4.69, 9.17) is 37.8 Å². The molecule has 0 bridgehead atoms. The molecule has 0 amide bonds. The van der Waals surface area contributed by atoms with Crippen LogP contribution in [-0.2, 0) is 32.3 Å². The first kappa shape index (κ1) is 28.8. The van der Waals surface area contributed by atoms with Crippen LogP contribution in [0, 0.1) is 0 Å². The zero-order valence-corrected chi connectivity index (χ0v) is 21.3. The van der Waals surface area contributed by atoms with E-state index in [-0.39, 0.29) is 28.6 Å². The minimum absolute atomic E-state index is 0.0492. The lowest BCUT2D eigenvalue weighted by Crippen LogP contribution is -2.34. The fourth-order valence-electron chi connectivity index (χ4n) is 3.34. The van der Waals surface area contributed by atoms with Crippen LogP contribution >= 0.6 is 23.2 Å². The standard InChI is InChI=1S/C23H19Cl2F3N2O6S/c1-35-12-30(37(33,34)16-6-7-19(25)18(9-16)23(26,27)28)20-8-15(24)10-29-21(20)22(32)17-5-3-2-4-14(17)11-36-13-31/h2-10,31H,11-13H2,1H3. The molecule has 0 saturated carbocycles. The van der Waals surface area contributed by atoms with E-state index < -0.39 is 51.0 Å². The first-order valence-corrected chi connectivity index (χ1v) is 12.5. The number of rotatable bonds is 10. The van der Waals surface area contributed by atoms with E-state index in [1.807, 2.05) is 0 Å². The predicted octanol–water partition coefficient (Wildman–Crippen LogP) is 4.90. The number of aromatic nitrogens is 1. The molecule has 0 fully saturated rings. The molecule has 0 radical (unpaired) electrons. The monoisotopic (exact) mass is 578 g/mol. The molecule has 0 aliphatic carbocycles. The summed E-state index contributed by atoms with van der Waals surface area (Å²) in [4.78, 5) is 16.8. The number of hydrogen-bond donors (Lipinski definition) is 1. The summed E-state index contributed by atoms with van der Waals surface area (Å²) in [6.07, 6.45) is -3.80. The van der Waals surface area contributed by atoms with E-state index in [0.29, 0.717) is 15.9 Å². The van der Waals surface area contributed by atoms with Crippen LogP contribution in [0.4, 0.5) is 18.9 Å². The summed E-state index contributed by atoms with van der Waals surface area (Å²) in [5, 5.41) is 8.23. The van der Waals surface area contributed by atoms with Crippen molar-refractivity contribution >= 4 is 44.7 Å². The molecule has 1 N–H and O–H groups in total. The van der Waals surface area contributed by atoms with Crippen molar-refractivity contribution in [1.82, 2.24) is 4.98 Å². The van der Waals surface area contributed by atoms with Gasteiger partial charge < -0.3 is 14.6 Å². The number of aliphatic hydroxyl groups excluding tert-OH is 1. The number of halogens is 5. The van der Waals surface area contributed by atoms with Gasteiger partial charge in [-0.3, -0.25) is 4.79 Å². The first-order valence-electron chi connectivity index (χ1n) is 10.3. The van der Waals surface area contributed by atoms with Crippen LogP contribution < -0.4 is 4.31 Å². The van der Waals surface area contributed by atoms with Crippen molar-refractivity contribution in [3.8, 4) is 0 Å². The van der Waals surface area contributed by atoms with Gasteiger partial charge in [0.1, 0.15) is 19.2 Å². The van der Waals surface area contributed by atoms with Gasteiger partial charge in [0.2, 0.25) is 5.78 Å². The lowest BCUT2D eigenvalue weighted by atomic mass is 10.0. The van der Waals surface area contributed by atoms with Crippen LogP contribution in [0.25, 0.3) is 0 Å². The molecule has 3 aromatic rings. The second kappa shape index (κ2) is 11.8. The third kappa shape index (κ3) is 6.40. The van der Waals surface area contributed by atoms with Crippen LogP contribution in [0.3, 0.4) is 0 Å².